The lowest BCUT2D eigenvalue weighted by molar-refractivity contribution is 0.0897. The summed E-state index contributed by atoms with van der Waals surface area (Å²) in [7, 11) is 3.01. The number of hydrogen-bond acceptors (Lipinski definition) is 4. The first-order valence-corrected chi connectivity index (χ1v) is 6.09. The van der Waals surface area contributed by atoms with Crippen molar-refractivity contribution in [3.8, 4) is 11.5 Å². The molecule has 1 heterocycles. The van der Waals surface area contributed by atoms with Crippen molar-refractivity contribution in [2.45, 2.75) is 6.42 Å². The minimum Gasteiger partial charge on any atom is -0.495 e. The highest BCUT2D eigenvalue weighted by Gasteiger charge is 2.28. The van der Waals surface area contributed by atoms with Gasteiger partial charge in [-0.1, -0.05) is 11.6 Å². The molecule has 1 aromatic rings. The minimum atomic E-state index is -0.108. The molecule has 98 valence electrons. The Bertz CT molecular complexity index is 453. The molecule has 0 radical (unpaired) electrons. The first kappa shape index (κ1) is 13.2. The second-order valence-corrected chi connectivity index (χ2v) is 4.47. The van der Waals surface area contributed by atoms with E-state index in [2.05, 4.69) is 0 Å². The number of Topliss-reactive ketones (excluding diaryl/α,β-unsaturated/α-hetero) is 1. The fourth-order valence-electron chi connectivity index (χ4n) is 2.05. The van der Waals surface area contributed by atoms with Gasteiger partial charge < -0.3 is 14.2 Å². The highest BCUT2D eigenvalue weighted by molar-refractivity contribution is 6.34. The zero-order chi connectivity index (χ0) is 13.1. The summed E-state index contributed by atoms with van der Waals surface area (Å²) in [5.74, 6) is 0.762. The molecule has 0 saturated carbocycles. The van der Waals surface area contributed by atoms with Gasteiger partial charge in [0.15, 0.2) is 11.5 Å². The lowest BCUT2D eigenvalue weighted by Crippen LogP contribution is -2.15. The van der Waals surface area contributed by atoms with E-state index in [0.717, 1.165) is 6.42 Å². The molecule has 0 bridgehead atoms. The van der Waals surface area contributed by atoms with Gasteiger partial charge in [-0.25, -0.2) is 0 Å². The molecule has 0 aliphatic carbocycles. The van der Waals surface area contributed by atoms with Gasteiger partial charge in [0.05, 0.1) is 26.4 Å². The molecule has 5 heteroatoms. The van der Waals surface area contributed by atoms with E-state index < -0.39 is 0 Å². The third kappa shape index (κ3) is 2.31. The Balaban J connectivity index is 2.37. The van der Waals surface area contributed by atoms with Crippen LogP contribution >= 0.6 is 11.6 Å². The topological polar surface area (TPSA) is 44.8 Å². The van der Waals surface area contributed by atoms with Crippen LogP contribution in [-0.2, 0) is 4.74 Å². The van der Waals surface area contributed by atoms with Gasteiger partial charge in [0, 0.05) is 12.5 Å². The highest BCUT2D eigenvalue weighted by atomic mass is 35.5. The Hall–Kier alpha value is -1.26. The van der Waals surface area contributed by atoms with Gasteiger partial charge in [0.1, 0.15) is 10.8 Å². The molecule has 1 saturated heterocycles. The van der Waals surface area contributed by atoms with Crippen LogP contribution in [0.25, 0.3) is 0 Å². The van der Waals surface area contributed by atoms with Crippen molar-refractivity contribution < 1.29 is 19.0 Å². The van der Waals surface area contributed by atoms with Crippen molar-refractivity contribution in [2.75, 3.05) is 27.4 Å². The average molecular weight is 271 g/mol. The molecule has 0 amide bonds. The molecule has 1 aliphatic heterocycles. The van der Waals surface area contributed by atoms with Crippen LogP contribution in [0.1, 0.15) is 16.8 Å². The maximum atomic E-state index is 12.3. The first-order chi connectivity index (χ1) is 8.69. The van der Waals surface area contributed by atoms with E-state index in [9.17, 15) is 4.79 Å². The van der Waals surface area contributed by atoms with Crippen LogP contribution in [0.15, 0.2) is 12.1 Å². The Kier molecular flexibility index (Phi) is 4.09. The number of carbonyl (C=O) groups is 1. The van der Waals surface area contributed by atoms with Crippen LogP contribution in [0.3, 0.4) is 0 Å². The summed E-state index contributed by atoms with van der Waals surface area (Å²) in [5, 5.41) is 0.324. The van der Waals surface area contributed by atoms with Gasteiger partial charge in [-0.2, -0.15) is 0 Å². The average Bonchev–Trinajstić information content (AvgIpc) is 2.91. The Morgan fingerprint density at radius 3 is 2.72 bits per heavy atom. The molecule has 1 fully saturated rings. The second-order valence-electron chi connectivity index (χ2n) is 4.09. The predicted octanol–water partition coefficient (Wildman–Crippen LogP) is 2.58. The van der Waals surface area contributed by atoms with E-state index in [1.165, 1.54) is 14.2 Å². The number of ether oxygens (including phenoxy) is 3. The van der Waals surface area contributed by atoms with E-state index in [0.29, 0.717) is 35.3 Å². The van der Waals surface area contributed by atoms with Crippen LogP contribution < -0.4 is 9.47 Å². The number of benzene rings is 1. The molecule has 1 unspecified atom stereocenters. The molecular weight excluding hydrogens is 256 g/mol. The van der Waals surface area contributed by atoms with E-state index >= 15 is 0 Å². The molecule has 1 aliphatic rings. The number of hydrogen-bond donors (Lipinski definition) is 0. The van der Waals surface area contributed by atoms with Gasteiger partial charge in [-0.05, 0) is 18.6 Å². The molecule has 0 spiro atoms. The molecule has 4 nitrogen and oxygen atoms in total. The van der Waals surface area contributed by atoms with Gasteiger partial charge in [-0.3, -0.25) is 4.79 Å². The molecule has 0 aromatic heterocycles. The Labute approximate surface area is 111 Å². The summed E-state index contributed by atoms with van der Waals surface area (Å²) in [4.78, 5) is 12.3. The number of methoxy groups -OCH3 is 2. The minimum absolute atomic E-state index is 0.00824. The van der Waals surface area contributed by atoms with E-state index in [1.807, 2.05) is 0 Å². The molecule has 18 heavy (non-hydrogen) atoms. The standard InChI is InChI=1S/C13H15ClO4/c1-16-10-4-3-9(13(17-2)11(10)14)12(15)8-5-6-18-7-8/h3-4,8H,5-7H2,1-2H3. The van der Waals surface area contributed by atoms with E-state index in [-0.39, 0.29) is 11.7 Å². The summed E-state index contributed by atoms with van der Waals surface area (Å²) in [6, 6.07) is 3.36. The van der Waals surface area contributed by atoms with Crippen molar-refractivity contribution >= 4 is 17.4 Å². The van der Waals surface area contributed by atoms with Gasteiger partial charge in [0.25, 0.3) is 0 Å². The monoisotopic (exact) mass is 270 g/mol. The van der Waals surface area contributed by atoms with Crippen molar-refractivity contribution in [3.63, 3.8) is 0 Å². The molecule has 0 N–H and O–H groups in total. The number of halogens is 1. The van der Waals surface area contributed by atoms with Crippen molar-refractivity contribution in [3.05, 3.63) is 22.7 Å². The molecule has 1 atom stereocenters. The van der Waals surface area contributed by atoms with Crippen molar-refractivity contribution in [1.82, 2.24) is 0 Å². The van der Waals surface area contributed by atoms with Crippen LogP contribution in [0.4, 0.5) is 0 Å². The normalized spacial score (nSPS) is 18.7. The molecule has 1 aromatic carbocycles. The fraction of sp³-hybridized carbons (Fsp3) is 0.462. The lowest BCUT2D eigenvalue weighted by atomic mass is 9.96. The third-order valence-corrected chi connectivity index (χ3v) is 3.41. The third-order valence-electron chi connectivity index (χ3n) is 3.05. The van der Waals surface area contributed by atoms with E-state index in [4.69, 9.17) is 25.8 Å². The Morgan fingerprint density at radius 2 is 2.17 bits per heavy atom. The highest BCUT2D eigenvalue weighted by Crippen LogP contribution is 2.38. The summed E-state index contributed by atoms with van der Waals surface area (Å²) in [5.41, 5.74) is 0.485. The van der Waals surface area contributed by atoms with Crippen LogP contribution in [0.5, 0.6) is 11.5 Å². The van der Waals surface area contributed by atoms with Gasteiger partial charge in [0.2, 0.25) is 0 Å². The smallest absolute Gasteiger partial charge is 0.172 e. The summed E-state index contributed by atoms with van der Waals surface area (Å²) in [6.07, 6.45) is 0.742. The zero-order valence-electron chi connectivity index (χ0n) is 10.4. The molecular formula is C13H15ClO4. The van der Waals surface area contributed by atoms with Crippen LogP contribution in [0.2, 0.25) is 5.02 Å². The maximum Gasteiger partial charge on any atom is 0.172 e. The number of rotatable bonds is 4. The van der Waals surface area contributed by atoms with Crippen LogP contribution in [0, 0.1) is 5.92 Å². The van der Waals surface area contributed by atoms with Crippen molar-refractivity contribution in [1.29, 1.82) is 0 Å². The zero-order valence-corrected chi connectivity index (χ0v) is 11.1. The maximum absolute atomic E-state index is 12.3. The summed E-state index contributed by atoms with van der Waals surface area (Å²) < 4.78 is 15.6. The van der Waals surface area contributed by atoms with Gasteiger partial charge >= 0.3 is 0 Å². The number of carbonyl (C=O) groups excluding carboxylic acids is 1. The fourth-order valence-corrected chi connectivity index (χ4v) is 2.37. The summed E-state index contributed by atoms with van der Waals surface area (Å²) in [6.45, 7) is 1.09. The van der Waals surface area contributed by atoms with Gasteiger partial charge in [-0.15, -0.1) is 0 Å². The second kappa shape index (κ2) is 5.59. The predicted molar refractivity (Wildman–Crippen MR) is 67.8 cm³/mol. The quantitative estimate of drug-likeness (QED) is 0.789. The lowest BCUT2D eigenvalue weighted by Gasteiger charge is -2.14. The Morgan fingerprint density at radius 1 is 1.39 bits per heavy atom. The molecule has 2 rings (SSSR count). The van der Waals surface area contributed by atoms with Crippen molar-refractivity contribution in [2.24, 2.45) is 5.92 Å². The summed E-state index contributed by atoms with van der Waals surface area (Å²) >= 11 is 6.13. The largest absolute Gasteiger partial charge is 0.495 e. The SMILES string of the molecule is COc1ccc(C(=O)C2CCOC2)c(OC)c1Cl. The number of ketones is 1. The van der Waals surface area contributed by atoms with E-state index in [1.54, 1.807) is 12.1 Å². The first-order valence-electron chi connectivity index (χ1n) is 5.71. The van der Waals surface area contributed by atoms with Crippen LogP contribution in [-0.4, -0.2) is 33.2 Å².